The molecule has 4 N–H and O–H groups in total. The molecule has 59 heavy (non-hydrogen) atoms. The average Bonchev–Trinajstić information content (AvgIpc) is 4.11. The summed E-state index contributed by atoms with van der Waals surface area (Å²) in [5, 5.41) is 5.41. The number of methoxy groups -OCH3 is 3. The molecular formula is C44H54N8O7. The van der Waals surface area contributed by atoms with Crippen LogP contribution >= 0.6 is 0 Å². The molecule has 2 bridgehead atoms. The Bertz CT molecular complexity index is 2230. The van der Waals surface area contributed by atoms with Crippen LogP contribution in [0, 0.1) is 11.8 Å². The summed E-state index contributed by atoms with van der Waals surface area (Å²) in [4.78, 5) is 72.3. The molecular weight excluding hydrogens is 753 g/mol. The number of hydrogen-bond acceptors (Lipinski definition) is 9. The van der Waals surface area contributed by atoms with E-state index in [9.17, 15) is 19.2 Å². The molecule has 15 heteroatoms. The lowest BCUT2D eigenvalue weighted by Gasteiger charge is -2.37. The summed E-state index contributed by atoms with van der Waals surface area (Å²) in [6, 6.07) is 11.2. The van der Waals surface area contributed by atoms with E-state index in [1.54, 1.807) is 6.92 Å². The van der Waals surface area contributed by atoms with Crippen LogP contribution in [0.25, 0.3) is 33.6 Å². The van der Waals surface area contributed by atoms with E-state index in [0.717, 1.165) is 79.1 Å². The largest absolute Gasteiger partial charge is 0.453 e. The molecule has 15 nitrogen and oxygen atoms in total. The van der Waals surface area contributed by atoms with Gasteiger partial charge in [0.25, 0.3) is 0 Å². The van der Waals surface area contributed by atoms with Gasteiger partial charge in [-0.3, -0.25) is 9.59 Å². The number of imidazole rings is 2. The SMILES string of the molecule is COC(=O)N[C@H](C(=O)N1CCC[C@H]1c1ncc(-c2ccc3c(c2)CCc2cc(-c4cnc(C5[C@H]6CC[C@H](C6)N5C(=O)[C@@H](NC(=O)OC)[C@@H](C)OC)[nH]4)ccc2-3)[nH]1)C(C)C. The number of piperidine rings is 1. The molecule has 3 fully saturated rings. The number of nitrogens with one attached hydrogen (secondary N) is 4. The van der Waals surface area contributed by atoms with E-state index in [4.69, 9.17) is 24.2 Å². The van der Waals surface area contributed by atoms with Crippen molar-refractivity contribution in [1.82, 2.24) is 40.4 Å². The summed E-state index contributed by atoms with van der Waals surface area (Å²) in [5.74, 6) is 1.34. The third-order valence-electron chi connectivity index (χ3n) is 12.9. The van der Waals surface area contributed by atoms with Crippen LogP contribution in [-0.4, -0.2) is 106 Å². The van der Waals surface area contributed by atoms with Gasteiger partial charge in [0.2, 0.25) is 11.8 Å². The van der Waals surface area contributed by atoms with Gasteiger partial charge >= 0.3 is 12.2 Å². The number of aromatic amines is 2. The molecule has 2 saturated heterocycles. The van der Waals surface area contributed by atoms with Gasteiger partial charge in [0.1, 0.15) is 23.7 Å². The predicted octanol–water partition coefficient (Wildman–Crippen LogP) is 6.09. The van der Waals surface area contributed by atoms with Crippen molar-refractivity contribution in [2.45, 2.75) is 102 Å². The summed E-state index contributed by atoms with van der Waals surface area (Å²) in [6.45, 7) is 6.18. The summed E-state index contributed by atoms with van der Waals surface area (Å²) in [6.07, 6.45) is 8.09. The van der Waals surface area contributed by atoms with Crippen molar-refractivity contribution in [3.63, 3.8) is 0 Å². The lowest BCUT2D eigenvalue weighted by molar-refractivity contribution is -0.141. The Balaban J connectivity index is 0.984. The monoisotopic (exact) mass is 806 g/mol. The number of aromatic nitrogens is 4. The Morgan fingerprint density at radius 2 is 1.36 bits per heavy atom. The summed E-state index contributed by atoms with van der Waals surface area (Å²) >= 11 is 0. The van der Waals surface area contributed by atoms with E-state index in [1.807, 2.05) is 36.0 Å². The first kappa shape index (κ1) is 40.1. The highest BCUT2D eigenvalue weighted by molar-refractivity contribution is 5.88. The molecule has 312 valence electrons. The van der Waals surface area contributed by atoms with Gasteiger partial charge in [-0.25, -0.2) is 19.6 Å². The second-order valence-corrected chi connectivity index (χ2v) is 16.6. The van der Waals surface area contributed by atoms with E-state index in [-0.39, 0.29) is 41.8 Å². The quantitative estimate of drug-likeness (QED) is 0.139. The van der Waals surface area contributed by atoms with Crippen molar-refractivity contribution in [2.24, 2.45) is 11.8 Å². The zero-order valence-electron chi connectivity index (χ0n) is 34.5. The average molecular weight is 807 g/mol. The van der Waals surface area contributed by atoms with E-state index in [1.165, 1.54) is 43.6 Å². The van der Waals surface area contributed by atoms with Crippen molar-refractivity contribution in [1.29, 1.82) is 0 Å². The fourth-order valence-electron chi connectivity index (χ4n) is 9.73. The number of H-pyrrole nitrogens is 2. The number of rotatable bonds is 11. The van der Waals surface area contributed by atoms with Crippen molar-refractivity contribution in [3.05, 3.63) is 71.6 Å². The third-order valence-corrected chi connectivity index (χ3v) is 12.9. The second kappa shape index (κ2) is 16.5. The highest BCUT2D eigenvalue weighted by Gasteiger charge is 2.52. The van der Waals surface area contributed by atoms with E-state index in [2.05, 4.69) is 57.0 Å². The van der Waals surface area contributed by atoms with Crippen LogP contribution in [-0.2, 0) is 36.6 Å². The Morgan fingerprint density at radius 1 is 0.763 bits per heavy atom. The minimum absolute atomic E-state index is 0.0749. The Hall–Kier alpha value is -5.70. The first-order chi connectivity index (χ1) is 28.5. The van der Waals surface area contributed by atoms with Crippen LogP contribution in [0.5, 0.6) is 0 Å². The van der Waals surface area contributed by atoms with Crippen LogP contribution in [0.15, 0.2) is 48.8 Å². The number of alkyl carbamates (subject to hydrolysis) is 2. The summed E-state index contributed by atoms with van der Waals surface area (Å²) in [5.41, 5.74) is 8.79. The number of benzene rings is 2. The van der Waals surface area contributed by atoms with Gasteiger partial charge in [-0.1, -0.05) is 38.1 Å². The number of hydrogen-bond donors (Lipinski definition) is 4. The van der Waals surface area contributed by atoms with Crippen molar-refractivity contribution < 1.29 is 33.4 Å². The van der Waals surface area contributed by atoms with Crippen LogP contribution in [0.2, 0.25) is 0 Å². The molecule has 4 aliphatic rings. The molecule has 1 saturated carbocycles. The Morgan fingerprint density at radius 3 is 1.95 bits per heavy atom. The normalized spacial score (nSPS) is 22.1. The number of likely N-dealkylation sites (tertiary alicyclic amines) is 2. The minimum atomic E-state index is -0.887. The smallest absolute Gasteiger partial charge is 0.407 e. The molecule has 8 rings (SSSR count). The zero-order valence-corrected chi connectivity index (χ0v) is 34.5. The van der Waals surface area contributed by atoms with Gasteiger partial charge in [0.15, 0.2) is 0 Å². The highest BCUT2D eigenvalue weighted by atomic mass is 16.5. The fraction of sp³-hybridized carbons (Fsp3) is 0.500. The third kappa shape index (κ3) is 7.56. The highest BCUT2D eigenvalue weighted by Crippen LogP contribution is 2.50. The number of amides is 4. The second-order valence-electron chi connectivity index (χ2n) is 16.6. The Labute approximate surface area is 344 Å². The van der Waals surface area contributed by atoms with Crippen molar-refractivity contribution in [2.75, 3.05) is 27.9 Å². The predicted molar refractivity (Wildman–Crippen MR) is 219 cm³/mol. The summed E-state index contributed by atoms with van der Waals surface area (Å²) in [7, 11) is 4.10. The van der Waals surface area contributed by atoms with Crippen LogP contribution in [0.4, 0.5) is 9.59 Å². The maximum atomic E-state index is 14.1. The van der Waals surface area contributed by atoms with Crippen molar-refractivity contribution >= 4 is 24.0 Å². The molecule has 4 amide bonds. The zero-order chi connectivity index (χ0) is 41.5. The number of carbonyl (C=O) groups excluding carboxylic acids is 4. The first-order valence-corrected chi connectivity index (χ1v) is 20.7. The topological polar surface area (TPSA) is 184 Å². The molecule has 0 radical (unpaired) electrons. The minimum Gasteiger partial charge on any atom is -0.453 e. The van der Waals surface area contributed by atoms with E-state index in [0.29, 0.717) is 6.54 Å². The molecule has 0 spiro atoms. The first-order valence-electron chi connectivity index (χ1n) is 20.7. The van der Waals surface area contributed by atoms with Crippen LogP contribution in [0.3, 0.4) is 0 Å². The maximum Gasteiger partial charge on any atom is 0.407 e. The number of fused-ring (bicyclic) bond motifs is 5. The molecule has 4 aromatic rings. The van der Waals surface area contributed by atoms with Gasteiger partial charge in [-0.05, 0) is 109 Å². The van der Waals surface area contributed by atoms with Gasteiger partial charge in [-0.15, -0.1) is 0 Å². The summed E-state index contributed by atoms with van der Waals surface area (Å²) < 4.78 is 15.1. The lowest BCUT2D eigenvalue weighted by Crippen LogP contribution is -2.56. The number of nitrogens with zero attached hydrogens (tertiary/aromatic N) is 4. The van der Waals surface area contributed by atoms with E-state index >= 15 is 0 Å². The molecule has 7 atom stereocenters. The fourth-order valence-corrected chi connectivity index (χ4v) is 9.73. The van der Waals surface area contributed by atoms with Gasteiger partial charge < -0.3 is 44.6 Å². The number of ether oxygens (including phenoxy) is 3. The molecule has 2 aliphatic carbocycles. The molecule has 1 unspecified atom stereocenters. The van der Waals surface area contributed by atoms with E-state index < -0.39 is 30.4 Å². The van der Waals surface area contributed by atoms with Gasteiger partial charge in [0, 0.05) is 19.7 Å². The lowest BCUT2D eigenvalue weighted by atomic mass is 9.83. The van der Waals surface area contributed by atoms with Crippen molar-refractivity contribution in [3.8, 4) is 33.6 Å². The maximum absolute atomic E-state index is 14.1. The molecule has 4 heterocycles. The Kier molecular flexibility index (Phi) is 11.2. The molecule has 2 aromatic carbocycles. The van der Waals surface area contributed by atoms with Crippen LogP contribution < -0.4 is 10.6 Å². The number of aryl methyl sites for hydroxylation is 2. The standard InChI is InChI=1S/C44H54N8O7/c1-23(2)36(49-43(55)58-5)41(53)51-17-7-8-35(51)39-45-21-33(47-39)27-12-15-31-25(18-27)9-10-26-19-28(13-16-32(26)31)34-22-46-40(48-34)38-29-11-14-30(20-29)52(38)42(54)37(24(3)57-4)50-44(56)59-6/h12-13,15-16,18-19,21-24,29-30,35-38H,7-11,14,17,20H2,1-6H3,(H,45,47)(H,46,48)(H,49,55)(H,50,56)/t24-,29+,30-,35+,36+,37+,38?/m1/s1. The van der Waals surface area contributed by atoms with Gasteiger partial charge in [0.05, 0.1) is 56.2 Å². The molecule has 2 aliphatic heterocycles. The van der Waals surface area contributed by atoms with Crippen LogP contribution in [0.1, 0.15) is 87.7 Å². The number of carbonyl (C=O) groups is 4. The van der Waals surface area contributed by atoms with Gasteiger partial charge in [-0.2, -0.15) is 0 Å². The molecule has 2 aromatic heterocycles.